The maximum atomic E-state index is 3.70. The number of rotatable bonds is 1. The van der Waals surface area contributed by atoms with Gasteiger partial charge in [0, 0.05) is 0 Å². The summed E-state index contributed by atoms with van der Waals surface area (Å²) >= 11 is 0. The van der Waals surface area contributed by atoms with Crippen molar-refractivity contribution in [3.63, 3.8) is 0 Å². The molecule has 1 rings (SSSR count). The van der Waals surface area contributed by atoms with Gasteiger partial charge in [-0.1, -0.05) is 19.8 Å². The molecule has 0 aromatic carbocycles. The zero-order chi connectivity index (χ0) is 6.69. The van der Waals surface area contributed by atoms with Crippen LogP contribution in [0.15, 0.2) is 12.3 Å². The van der Waals surface area contributed by atoms with E-state index < -0.39 is 0 Å². The van der Waals surface area contributed by atoms with Crippen LogP contribution in [-0.4, -0.2) is 10.2 Å². The molecule has 0 aliphatic rings. The molecule has 10 heavy (non-hydrogen) atoms. The minimum Gasteiger partial charge on any atom is -0.268 e. The number of aromatic nitrogens is 2. The molecule has 0 unspecified atom stereocenters. The number of nitrogens with zero attached hydrogens (tertiary/aromatic N) is 2. The molecule has 2 nitrogen and oxygen atoms in total. The van der Waals surface area contributed by atoms with Crippen LogP contribution in [0.5, 0.6) is 0 Å². The van der Waals surface area contributed by atoms with Crippen molar-refractivity contribution in [2.45, 2.75) is 19.8 Å². The Morgan fingerprint density at radius 2 is 2.20 bits per heavy atom. The predicted octanol–water partition coefficient (Wildman–Crippen LogP) is -1.60. The van der Waals surface area contributed by atoms with Crippen LogP contribution in [-0.2, 0) is 0 Å². The van der Waals surface area contributed by atoms with Crippen LogP contribution < -0.4 is 51.4 Å². The van der Waals surface area contributed by atoms with Crippen molar-refractivity contribution < 1.29 is 51.4 Å². The van der Waals surface area contributed by atoms with E-state index in [0.29, 0.717) is 5.92 Å². The molecule has 3 heteroatoms. The monoisotopic (exact) mass is 160 g/mol. The molecule has 0 atom stereocenters. The first-order valence-electron chi connectivity index (χ1n) is 2.99. The maximum absolute atomic E-state index is 3.70. The summed E-state index contributed by atoms with van der Waals surface area (Å²) in [5.74, 6) is 0.525. The molecule has 0 saturated carbocycles. The standard InChI is InChI=1S/C7H9N2.K/c1-6(2)7-3-4-8-9-5-7;/h3,5-6H,1-2H3;/q-1;+1. The fourth-order valence-electron chi connectivity index (χ4n) is 0.585. The Balaban J connectivity index is 0.000000810. The van der Waals surface area contributed by atoms with Gasteiger partial charge in [0.15, 0.2) is 0 Å². The summed E-state index contributed by atoms with van der Waals surface area (Å²) < 4.78 is 0. The molecule has 0 aliphatic heterocycles. The minimum absolute atomic E-state index is 0. The van der Waals surface area contributed by atoms with E-state index in [1.165, 1.54) is 5.56 Å². The van der Waals surface area contributed by atoms with Crippen molar-refractivity contribution in [2.24, 2.45) is 0 Å². The number of hydrogen-bond donors (Lipinski definition) is 0. The van der Waals surface area contributed by atoms with Gasteiger partial charge in [-0.05, 0) is 6.20 Å². The third kappa shape index (κ3) is 3.21. The van der Waals surface area contributed by atoms with Crippen molar-refractivity contribution in [1.82, 2.24) is 10.2 Å². The zero-order valence-corrected chi connectivity index (χ0v) is 9.75. The molecule has 1 aromatic heterocycles. The molecule has 0 spiro atoms. The summed E-state index contributed by atoms with van der Waals surface area (Å²) in [7, 11) is 0. The van der Waals surface area contributed by atoms with Crippen LogP contribution in [0.3, 0.4) is 0 Å². The van der Waals surface area contributed by atoms with Gasteiger partial charge in [-0.2, -0.15) is 10.7 Å². The van der Waals surface area contributed by atoms with Crippen LogP contribution in [0.25, 0.3) is 0 Å². The first kappa shape index (κ1) is 10.7. The van der Waals surface area contributed by atoms with Gasteiger partial charge in [0.1, 0.15) is 0 Å². The Bertz CT molecular complexity index is 174. The number of hydrogen-bond acceptors (Lipinski definition) is 2. The average Bonchev–Trinajstić information content (AvgIpc) is 1.90. The fraction of sp³-hybridized carbons (Fsp3) is 0.429. The molecule has 0 N–H and O–H groups in total. The van der Waals surface area contributed by atoms with Gasteiger partial charge in [0.25, 0.3) is 0 Å². The van der Waals surface area contributed by atoms with Crippen molar-refractivity contribution in [2.75, 3.05) is 0 Å². The normalized spacial score (nSPS) is 9.10. The van der Waals surface area contributed by atoms with Gasteiger partial charge in [0.05, 0.1) is 0 Å². The smallest absolute Gasteiger partial charge is 0.268 e. The van der Waals surface area contributed by atoms with Crippen LogP contribution in [0, 0.1) is 6.20 Å². The molecule has 1 heterocycles. The van der Waals surface area contributed by atoms with Crippen molar-refractivity contribution >= 4 is 0 Å². The van der Waals surface area contributed by atoms with E-state index in [1.54, 1.807) is 6.20 Å². The summed E-state index contributed by atoms with van der Waals surface area (Å²) in [6.45, 7) is 4.23. The molecule has 0 amide bonds. The predicted molar refractivity (Wildman–Crippen MR) is 35.0 cm³/mol. The Hall–Kier alpha value is 0.716. The third-order valence-corrected chi connectivity index (χ3v) is 1.22. The van der Waals surface area contributed by atoms with E-state index in [9.17, 15) is 0 Å². The van der Waals surface area contributed by atoms with Crippen molar-refractivity contribution in [3.05, 3.63) is 24.0 Å². The van der Waals surface area contributed by atoms with Crippen LogP contribution in [0.2, 0.25) is 0 Å². The molecule has 48 valence electrons. The van der Waals surface area contributed by atoms with E-state index in [4.69, 9.17) is 0 Å². The van der Waals surface area contributed by atoms with Crippen molar-refractivity contribution in [1.29, 1.82) is 0 Å². The molecule has 0 bridgehead atoms. The Kier molecular flexibility index (Phi) is 5.76. The second-order valence-electron chi connectivity index (χ2n) is 2.27. The fourth-order valence-corrected chi connectivity index (χ4v) is 0.585. The average molecular weight is 160 g/mol. The second kappa shape index (κ2) is 5.38. The van der Waals surface area contributed by atoms with E-state index in [1.807, 2.05) is 6.07 Å². The van der Waals surface area contributed by atoms with Gasteiger partial charge < -0.3 is 0 Å². The summed E-state index contributed by atoms with van der Waals surface area (Å²) in [5.41, 5.74) is 1.19. The van der Waals surface area contributed by atoms with Crippen LogP contribution in [0.4, 0.5) is 0 Å². The zero-order valence-electron chi connectivity index (χ0n) is 6.63. The van der Waals surface area contributed by atoms with E-state index >= 15 is 0 Å². The Morgan fingerprint density at radius 1 is 1.50 bits per heavy atom. The SMILES string of the molecule is CC(C)c1c[c-]nnc1.[K+]. The molecular formula is C7H9KN2. The molecular weight excluding hydrogens is 151 g/mol. The van der Waals surface area contributed by atoms with Crippen LogP contribution >= 0.6 is 0 Å². The van der Waals surface area contributed by atoms with E-state index in [-0.39, 0.29) is 51.4 Å². The van der Waals surface area contributed by atoms with Gasteiger partial charge >= 0.3 is 51.4 Å². The first-order valence-corrected chi connectivity index (χ1v) is 2.99. The third-order valence-electron chi connectivity index (χ3n) is 1.22. The summed E-state index contributed by atoms with van der Waals surface area (Å²) in [6.07, 6.45) is 4.45. The van der Waals surface area contributed by atoms with Crippen LogP contribution in [0.1, 0.15) is 25.3 Å². The minimum atomic E-state index is 0. The summed E-state index contributed by atoms with van der Waals surface area (Å²) in [4.78, 5) is 0. The largest absolute Gasteiger partial charge is 1.00 e. The maximum Gasteiger partial charge on any atom is 1.00 e. The van der Waals surface area contributed by atoms with Gasteiger partial charge in [-0.25, -0.2) is 6.07 Å². The Morgan fingerprint density at radius 3 is 2.50 bits per heavy atom. The van der Waals surface area contributed by atoms with E-state index in [2.05, 4.69) is 30.2 Å². The summed E-state index contributed by atoms with van der Waals surface area (Å²) in [6, 6.07) is 1.86. The van der Waals surface area contributed by atoms with Crippen molar-refractivity contribution in [3.8, 4) is 0 Å². The van der Waals surface area contributed by atoms with Gasteiger partial charge in [-0.15, -0.1) is 6.20 Å². The molecule has 0 fully saturated rings. The molecule has 0 saturated heterocycles. The first-order chi connectivity index (χ1) is 4.30. The topological polar surface area (TPSA) is 25.8 Å². The molecule has 1 aromatic rings. The van der Waals surface area contributed by atoms with Gasteiger partial charge in [-0.3, -0.25) is 5.10 Å². The summed E-state index contributed by atoms with van der Waals surface area (Å²) in [5, 5.41) is 7.25. The molecule has 0 radical (unpaired) electrons. The second-order valence-corrected chi connectivity index (χ2v) is 2.27. The Labute approximate surface area is 104 Å². The molecule has 0 aliphatic carbocycles. The van der Waals surface area contributed by atoms with E-state index in [0.717, 1.165) is 0 Å². The quantitative estimate of drug-likeness (QED) is 0.365. The van der Waals surface area contributed by atoms with Gasteiger partial charge in [0.2, 0.25) is 0 Å².